The lowest BCUT2D eigenvalue weighted by atomic mass is 10.3. The van der Waals surface area contributed by atoms with E-state index in [1.807, 2.05) is 6.92 Å². The van der Waals surface area contributed by atoms with E-state index in [-0.39, 0.29) is 6.61 Å². The fraction of sp³-hybridized carbons (Fsp3) is 0.700. The van der Waals surface area contributed by atoms with Crippen molar-refractivity contribution in [2.24, 2.45) is 5.73 Å². The second-order valence-corrected chi connectivity index (χ2v) is 4.62. The minimum Gasteiger partial charge on any atom is -0.372 e. The highest BCUT2D eigenvalue weighted by molar-refractivity contribution is 7.11. The van der Waals surface area contributed by atoms with Crippen molar-refractivity contribution in [3.63, 3.8) is 0 Å². The minimum absolute atomic E-state index is 0.0280. The molecule has 0 atom stereocenters. The van der Waals surface area contributed by atoms with Gasteiger partial charge in [0.25, 0.3) is 0 Å². The van der Waals surface area contributed by atoms with Crippen molar-refractivity contribution in [2.75, 3.05) is 13.2 Å². The van der Waals surface area contributed by atoms with Gasteiger partial charge in [0.1, 0.15) is 6.61 Å². The Hall–Kier alpha value is -0.660. The predicted molar refractivity (Wildman–Crippen MR) is 60.0 cm³/mol. The SMILES string of the molecule is CCc1nc(CCOCC(F)(F)F)sc1CN. The lowest BCUT2D eigenvalue weighted by Crippen LogP contribution is -2.17. The lowest BCUT2D eigenvalue weighted by Gasteiger charge is -2.06. The van der Waals surface area contributed by atoms with E-state index in [0.717, 1.165) is 22.0 Å². The molecule has 0 radical (unpaired) electrons. The summed E-state index contributed by atoms with van der Waals surface area (Å²) in [6.07, 6.45) is -3.08. The number of aryl methyl sites for hydroxylation is 1. The number of aromatic nitrogens is 1. The Morgan fingerprint density at radius 1 is 1.41 bits per heavy atom. The van der Waals surface area contributed by atoms with Crippen LogP contribution in [0.1, 0.15) is 22.5 Å². The highest BCUT2D eigenvalue weighted by atomic mass is 32.1. The van der Waals surface area contributed by atoms with Crippen molar-refractivity contribution in [3.8, 4) is 0 Å². The van der Waals surface area contributed by atoms with Crippen molar-refractivity contribution < 1.29 is 17.9 Å². The van der Waals surface area contributed by atoms with E-state index < -0.39 is 12.8 Å². The van der Waals surface area contributed by atoms with Gasteiger partial charge in [-0.05, 0) is 6.42 Å². The molecule has 2 N–H and O–H groups in total. The van der Waals surface area contributed by atoms with Gasteiger partial charge in [-0.2, -0.15) is 13.2 Å². The molecule has 1 aromatic heterocycles. The van der Waals surface area contributed by atoms with Crippen LogP contribution >= 0.6 is 11.3 Å². The normalized spacial score (nSPS) is 12.1. The Morgan fingerprint density at radius 3 is 2.59 bits per heavy atom. The van der Waals surface area contributed by atoms with Crippen LogP contribution < -0.4 is 5.73 Å². The third-order valence-corrected chi connectivity index (χ3v) is 3.25. The highest BCUT2D eigenvalue weighted by Crippen LogP contribution is 2.19. The molecule has 0 aliphatic heterocycles. The summed E-state index contributed by atoms with van der Waals surface area (Å²) in [7, 11) is 0. The predicted octanol–water partition coefficient (Wildman–Crippen LogP) is 2.29. The van der Waals surface area contributed by atoms with Gasteiger partial charge in [0, 0.05) is 17.8 Å². The summed E-state index contributed by atoms with van der Waals surface area (Å²) in [5.74, 6) is 0. The smallest absolute Gasteiger partial charge is 0.372 e. The van der Waals surface area contributed by atoms with E-state index in [1.54, 1.807) is 0 Å². The topological polar surface area (TPSA) is 48.1 Å². The number of rotatable bonds is 6. The van der Waals surface area contributed by atoms with Gasteiger partial charge in [0.15, 0.2) is 0 Å². The highest BCUT2D eigenvalue weighted by Gasteiger charge is 2.27. The van der Waals surface area contributed by atoms with Crippen LogP contribution in [0.3, 0.4) is 0 Å². The monoisotopic (exact) mass is 268 g/mol. The maximum absolute atomic E-state index is 11.8. The Labute approximate surface area is 102 Å². The van der Waals surface area contributed by atoms with Gasteiger partial charge in [0.05, 0.1) is 17.3 Å². The van der Waals surface area contributed by atoms with Crippen molar-refractivity contribution in [2.45, 2.75) is 32.5 Å². The fourth-order valence-corrected chi connectivity index (χ4v) is 2.34. The molecule has 0 aliphatic rings. The standard InChI is InChI=1S/C10H15F3N2OS/c1-2-7-8(5-14)17-9(15-7)3-4-16-6-10(11,12)13/h2-6,14H2,1H3. The van der Waals surface area contributed by atoms with Gasteiger partial charge >= 0.3 is 6.18 Å². The molecule has 0 fully saturated rings. The van der Waals surface area contributed by atoms with Crippen LogP contribution in [0.5, 0.6) is 0 Å². The molecule has 98 valence electrons. The molecule has 0 unspecified atom stereocenters. The van der Waals surface area contributed by atoms with E-state index in [2.05, 4.69) is 9.72 Å². The van der Waals surface area contributed by atoms with Gasteiger partial charge in [-0.25, -0.2) is 4.98 Å². The van der Waals surface area contributed by atoms with E-state index in [1.165, 1.54) is 11.3 Å². The van der Waals surface area contributed by atoms with Crippen molar-refractivity contribution in [1.29, 1.82) is 0 Å². The molecule has 3 nitrogen and oxygen atoms in total. The van der Waals surface area contributed by atoms with Gasteiger partial charge in [0.2, 0.25) is 0 Å². The van der Waals surface area contributed by atoms with Crippen molar-refractivity contribution in [3.05, 3.63) is 15.6 Å². The number of ether oxygens (including phenoxy) is 1. The fourth-order valence-electron chi connectivity index (χ4n) is 1.33. The maximum atomic E-state index is 11.8. The molecule has 0 amide bonds. The number of halogens is 3. The quantitative estimate of drug-likeness (QED) is 0.805. The first-order valence-electron chi connectivity index (χ1n) is 5.28. The van der Waals surface area contributed by atoms with Gasteiger partial charge in [-0.3, -0.25) is 0 Å². The Morgan fingerprint density at radius 2 is 2.12 bits per heavy atom. The second-order valence-electron chi connectivity index (χ2n) is 3.45. The zero-order valence-electron chi connectivity index (χ0n) is 9.51. The molecule has 0 bridgehead atoms. The van der Waals surface area contributed by atoms with E-state index in [9.17, 15) is 13.2 Å². The minimum atomic E-state index is -4.26. The molecule has 1 rings (SSSR count). The molecular formula is C10H15F3N2OS. The summed E-state index contributed by atoms with van der Waals surface area (Å²) in [4.78, 5) is 5.31. The van der Waals surface area contributed by atoms with Crippen LogP contribution in [0.2, 0.25) is 0 Å². The summed E-state index contributed by atoms with van der Waals surface area (Å²) < 4.78 is 39.9. The average molecular weight is 268 g/mol. The zero-order valence-corrected chi connectivity index (χ0v) is 10.3. The Kier molecular flexibility index (Phi) is 5.35. The van der Waals surface area contributed by atoms with Crippen LogP contribution in [0.4, 0.5) is 13.2 Å². The third kappa shape index (κ3) is 5.01. The molecule has 0 saturated heterocycles. The number of alkyl halides is 3. The summed E-state index contributed by atoms with van der Waals surface area (Å²) in [5, 5.41) is 0.782. The maximum Gasteiger partial charge on any atom is 0.411 e. The van der Waals surface area contributed by atoms with Crippen LogP contribution in [0.25, 0.3) is 0 Å². The molecular weight excluding hydrogens is 253 g/mol. The summed E-state index contributed by atoms with van der Waals surface area (Å²) in [5.41, 5.74) is 6.48. The average Bonchev–Trinajstić information content (AvgIpc) is 2.65. The van der Waals surface area contributed by atoms with Crippen LogP contribution in [-0.4, -0.2) is 24.4 Å². The number of nitrogens with two attached hydrogens (primary N) is 1. The van der Waals surface area contributed by atoms with Crippen LogP contribution in [0, 0.1) is 0 Å². The molecule has 0 saturated carbocycles. The molecule has 0 spiro atoms. The van der Waals surface area contributed by atoms with E-state index in [4.69, 9.17) is 5.73 Å². The number of nitrogens with zero attached hydrogens (tertiary/aromatic N) is 1. The summed E-state index contributed by atoms with van der Waals surface area (Å²) in [6.45, 7) is 1.21. The second kappa shape index (κ2) is 6.32. The van der Waals surface area contributed by atoms with Crippen molar-refractivity contribution in [1.82, 2.24) is 4.98 Å². The molecule has 0 aliphatic carbocycles. The van der Waals surface area contributed by atoms with E-state index in [0.29, 0.717) is 13.0 Å². The van der Waals surface area contributed by atoms with Crippen LogP contribution in [0.15, 0.2) is 0 Å². The molecule has 1 heterocycles. The number of thiazole rings is 1. The first-order chi connectivity index (χ1) is 7.96. The summed E-state index contributed by atoms with van der Waals surface area (Å²) >= 11 is 1.44. The summed E-state index contributed by atoms with van der Waals surface area (Å²) in [6, 6.07) is 0. The number of hydrogen-bond acceptors (Lipinski definition) is 4. The molecule has 7 heteroatoms. The van der Waals surface area contributed by atoms with Gasteiger partial charge in [-0.15, -0.1) is 11.3 Å². The molecule has 0 aromatic carbocycles. The van der Waals surface area contributed by atoms with Gasteiger partial charge in [-0.1, -0.05) is 6.92 Å². The van der Waals surface area contributed by atoms with Crippen LogP contribution in [-0.2, 0) is 24.1 Å². The lowest BCUT2D eigenvalue weighted by molar-refractivity contribution is -0.173. The first kappa shape index (κ1) is 14.4. The largest absolute Gasteiger partial charge is 0.411 e. The Bertz CT molecular complexity index is 330. The molecule has 1 aromatic rings. The third-order valence-electron chi connectivity index (χ3n) is 2.07. The Balaban J connectivity index is 2.39. The van der Waals surface area contributed by atoms with Crippen molar-refractivity contribution >= 4 is 11.3 Å². The zero-order chi connectivity index (χ0) is 12.9. The van der Waals surface area contributed by atoms with Gasteiger partial charge < -0.3 is 10.5 Å². The van der Waals surface area contributed by atoms with E-state index >= 15 is 0 Å². The first-order valence-corrected chi connectivity index (χ1v) is 6.10. The molecule has 17 heavy (non-hydrogen) atoms. The number of hydrogen-bond donors (Lipinski definition) is 1.